The van der Waals surface area contributed by atoms with E-state index in [0.29, 0.717) is 6.04 Å². The van der Waals surface area contributed by atoms with Crippen LogP contribution in [0.15, 0.2) is 24.3 Å². The summed E-state index contributed by atoms with van der Waals surface area (Å²) in [6.45, 7) is 7.74. The van der Waals surface area contributed by atoms with Crippen LogP contribution >= 0.6 is 0 Å². The van der Waals surface area contributed by atoms with Gasteiger partial charge in [-0.3, -0.25) is 0 Å². The average molecular weight is 249 g/mol. The maximum Gasteiger partial charge on any atom is 0.119 e. The molecule has 1 rings (SSSR count). The van der Waals surface area contributed by atoms with E-state index in [2.05, 4.69) is 44.3 Å². The normalized spacial score (nSPS) is 12.7. The number of methoxy groups -OCH3 is 1. The second-order valence-electron chi connectivity index (χ2n) is 5.21. The van der Waals surface area contributed by atoms with Crippen molar-refractivity contribution in [2.24, 2.45) is 5.92 Å². The summed E-state index contributed by atoms with van der Waals surface area (Å²) in [5.41, 5.74) is 1.33. The third-order valence-corrected chi connectivity index (χ3v) is 3.22. The molecule has 0 heterocycles. The molecule has 0 saturated heterocycles. The Labute approximate surface area is 112 Å². The summed E-state index contributed by atoms with van der Waals surface area (Å²) in [4.78, 5) is 0. The molecule has 1 N–H and O–H groups in total. The van der Waals surface area contributed by atoms with E-state index >= 15 is 0 Å². The molecule has 0 aliphatic rings. The summed E-state index contributed by atoms with van der Waals surface area (Å²) in [7, 11) is 1.72. The molecule has 0 radical (unpaired) electrons. The van der Waals surface area contributed by atoms with Crippen LogP contribution < -0.4 is 10.1 Å². The molecule has 1 unspecified atom stereocenters. The molecule has 102 valence electrons. The van der Waals surface area contributed by atoms with Crippen molar-refractivity contribution in [1.82, 2.24) is 5.32 Å². The largest absolute Gasteiger partial charge is 0.497 e. The first-order valence-corrected chi connectivity index (χ1v) is 7.04. The lowest BCUT2D eigenvalue weighted by Crippen LogP contribution is -2.21. The second-order valence-corrected chi connectivity index (χ2v) is 5.21. The zero-order valence-corrected chi connectivity index (χ0v) is 12.2. The zero-order valence-electron chi connectivity index (χ0n) is 12.2. The van der Waals surface area contributed by atoms with Gasteiger partial charge in [0.25, 0.3) is 0 Å². The average Bonchev–Trinajstić information content (AvgIpc) is 2.37. The highest BCUT2D eigenvalue weighted by Crippen LogP contribution is 2.24. The van der Waals surface area contributed by atoms with Gasteiger partial charge in [-0.1, -0.05) is 45.7 Å². The van der Waals surface area contributed by atoms with Gasteiger partial charge in [-0.15, -0.1) is 0 Å². The van der Waals surface area contributed by atoms with Crippen LogP contribution in [-0.4, -0.2) is 13.7 Å². The molecule has 0 aromatic heterocycles. The van der Waals surface area contributed by atoms with E-state index in [1.807, 2.05) is 6.07 Å². The molecular weight excluding hydrogens is 222 g/mol. The van der Waals surface area contributed by atoms with Crippen LogP contribution in [-0.2, 0) is 0 Å². The Morgan fingerprint density at radius 3 is 2.61 bits per heavy atom. The zero-order chi connectivity index (χ0) is 13.4. The summed E-state index contributed by atoms with van der Waals surface area (Å²) < 4.78 is 5.30. The smallest absolute Gasteiger partial charge is 0.119 e. The molecule has 0 fully saturated rings. The standard InChI is InChI=1S/C16H27NO/c1-5-17-16(11-6-8-13(2)3)14-9-7-10-15(12-14)18-4/h7,9-10,12-13,16-17H,5-6,8,11H2,1-4H3. The lowest BCUT2D eigenvalue weighted by atomic mass is 9.98. The predicted molar refractivity (Wildman–Crippen MR) is 78.1 cm³/mol. The number of benzene rings is 1. The summed E-state index contributed by atoms with van der Waals surface area (Å²) >= 11 is 0. The van der Waals surface area contributed by atoms with Crippen molar-refractivity contribution in [2.45, 2.75) is 46.1 Å². The second kappa shape index (κ2) is 8.15. The van der Waals surface area contributed by atoms with Crippen LogP contribution in [0.25, 0.3) is 0 Å². The highest BCUT2D eigenvalue weighted by molar-refractivity contribution is 5.30. The number of rotatable bonds is 8. The molecule has 1 aromatic rings. The van der Waals surface area contributed by atoms with E-state index in [1.165, 1.54) is 24.8 Å². The number of nitrogens with one attached hydrogen (secondary N) is 1. The van der Waals surface area contributed by atoms with Gasteiger partial charge in [-0.2, -0.15) is 0 Å². The van der Waals surface area contributed by atoms with E-state index in [0.717, 1.165) is 18.2 Å². The van der Waals surface area contributed by atoms with Crippen LogP contribution in [0.3, 0.4) is 0 Å². The van der Waals surface area contributed by atoms with Crippen LogP contribution in [0, 0.1) is 5.92 Å². The van der Waals surface area contributed by atoms with Crippen LogP contribution in [0.4, 0.5) is 0 Å². The highest BCUT2D eigenvalue weighted by atomic mass is 16.5. The molecule has 0 saturated carbocycles. The van der Waals surface area contributed by atoms with Crippen molar-refractivity contribution in [3.63, 3.8) is 0 Å². The van der Waals surface area contributed by atoms with Gasteiger partial charge in [0.1, 0.15) is 5.75 Å². The molecule has 2 nitrogen and oxygen atoms in total. The molecule has 0 bridgehead atoms. The Bertz CT molecular complexity index is 336. The quantitative estimate of drug-likeness (QED) is 0.746. The Morgan fingerprint density at radius 1 is 1.22 bits per heavy atom. The van der Waals surface area contributed by atoms with Gasteiger partial charge in [-0.25, -0.2) is 0 Å². The Kier molecular flexibility index (Phi) is 6.81. The SMILES string of the molecule is CCNC(CCCC(C)C)c1cccc(OC)c1. The van der Waals surface area contributed by atoms with Crippen molar-refractivity contribution in [3.8, 4) is 5.75 Å². The minimum Gasteiger partial charge on any atom is -0.497 e. The first kappa shape index (κ1) is 15.0. The molecule has 0 amide bonds. The molecule has 1 atom stereocenters. The van der Waals surface area contributed by atoms with E-state index in [-0.39, 0.29) is 0 Å². The molecular formula is C16H27NO. The summed E-state index contributed by atoms with van der Waals surface area (Å²) in [5.74, 6) is 1.73. The van der Waals surface area contributed by atoms with Gasteiger partial charge in [0.05, 0.1) is 7.11 Å². The van der Waals surface area contributed by atoms with E-state index in [4.69, 9.17) is 4.74 Å². The third kappa shape index (κ3) is 5.09. The molecule has 1 aromatic carbocycles. The fraction of sp³-hybridized carbons (Fsp3) is 0.625. The van der Waals surface area contributed by atoms with E-state index in [9.17, 15) is 0 Å². The summed E-state index contributed by atoms with van der Waals surface area (Å²) in [6.07, 6.45) is 3.76. The highest BCUT2D eigenvalue weighted by Gasteiger charge is 2.11. The minimum absolute atomic E-state index is 0.448. The predicted octanol–water partition coefficient (Wildman–Crippen LogP) is 4.17. The van der Waals surface area contributed by atoms with Gasteiger partial charge >= 0.3 is 0 Å². The summed E-state index contributed by atoms with van der Waals surface area (Å²) in [6, 6.07) is 8.85. The molecule has 0 aliphatic carbocycles. The lowest BCUT2D eigenvalue weighted by molar-refractivity contribution is 0.411. The van der Waals surface area contributed by atoms with Crippen molar-refractivity contribution in [2.75, 3.05) is 13.7 Å². The number of hydrogen-bond donors (Lipinski definition) is 1. The van der Waals surface area contributed by atoms with Gasteiger partial charge in [-0.05, 0) is 36.6 Å². The molecule has 0 spiro atoms. The van der Waals surface area contributed by atoms with Crippen LogP contribution in [0.5, 0.6) is 5.75 Å². The Balaban J connectivity index is 2.64. The van der Waals surface area contributed by atoms with Crippen molar-refractivity contribution < 1.29 is 4.74 Å². The lowest BCUT2D eigenvalue weighted by Gasteiger charge is -2.19. The van der Waals surface area contributed by atoms with Crippen molar-refractivity contribution >= 4 is 0 Å². The summed E-state index contributed by atoms with van der Waals surface area (Å²) in [5, 5.41) is 3.57. The van der Waals surface area contributed by atoms with E-state index < -0.39 is 0 Å². The maximum atomic E-state index is 5.30. The fourth-order valence-electron chi connectivity index (χ4n) is 2.22. The van der Waals surface area contributed by atoms with Gasteiger partial charge in [0.2, 0.25) is 0 Å². The van der Waals surface area contributed by atoms with Gasteiger partial charge in [0.15, 0.2) is 0 Å². The van der Waals surface area contributed by atoms with Gasteiger partial charge in [0, 0.05) is 6.04 Å². The minimum atomic E-state index is 0.448. The number of ether oxygens (including phenoxy) is 1. The van der Waals surface area contributed by atoms with Crippen LogP contribution in [0.1, 0.15) is 51.6 Å². The molecule has 2 heteroatoms. The fourth-order valence-corrected chi connectivity index (χ4v) is 2.22. The van der Waals surface area contributed by atoms with Crippen molar-refractivity contribution in [1.29, 1.82) is 0 Å². The van der Waals surface area contributed by atoms with Gasteiger partial charge < -0.3 is 10.1 Å². The molecule has 0 aliphatic heterocycles. The van der Waals surface area contributed by atoms with Crippen LogP contribution in [0.2, 0.25) is 0 Å². The Morgan fingerprint density at radius 2 is 2.00 bits per heavy atom. The molecule has 18 heavy (non-hydrogen) atoms. The first-order chi connectivity index (χ1) is 8.67. The first-order valence-electron chi connectivity index (χ1n) is 7.04. The monoisotopic (exact) mass is 249 g/mol. The van der Waals surface area contributed by atoms with Crippen molar-refractivity contribution in [3.05, 3.63) is 29.8 Å². The van der Waals surface area contributed by atoms with E-state index in [1.54, 1.807) is 7.11 Å². The topological polar surface area (TPSA) is 21.3 Å². The maximum absolute atomic E-state index is 5.30. The Hall–Kier alpha value is -1.02. The number of hydrogen-bond acceptors (Lipinski definition) is 2. The third-order valence-electron chi connectivity index (χ3n) is 3.22.